The summed E-state index contributed by atoms with van der Waals surface area (Å²) >= 11 is 7.86. The molecule has 1 aromatic heterocycles. The highest BCUT2D eigenvalue weighted by Crippen LogP contribution is 2.38. The van der Waals surface area contributed by atoms with Gasteiger partial charge in [-0.15, -0.1) is 0 Å². The van der Waals surface area contributed by atoms with Gasteiger partial charge in [-0.1, -0.05) is 64.9 Å². The molecule has 1 atom stereocenters. The number of nitro groups is 1. The van der Waals surface area contributed by atoms with Gasteiger partial charge in [0, 0.05) is 12.1 Å². The van der Waals surface area contributed by atoms with Crippen LogP contribution in [-0.2, 0) is 16.1 Å². The lowest BCUT2D eigenvalue weighted by molar-refractivity contribution is -0.384. The Labute approximate surface area is 267 Å². The second-order valence-electron chi connectivity index (χ2n) is 10.2. The van der Waals surface area contributed by atoms with E-state index in [0.29, 0.717) is 44.1 Å². The smallest absolute Gasteiger partial charge is 0.338 e. The normalized spacial score (nSPS) is 14.5. The maximum absolute atomic E-state index is 14.0. The van der Waals surface area contributed by atoms with Crippen LogP contribution in [0.5, 0.6) is 11.5 Å². The minimum Gasteiger partial charge on any atom is -0.490 e. The Balaban J connectivity index is 1.56. The van der Waals surface area contributed by atoms with E-state index in [1.807, 2.05) is 38.1 Å². The van der Waals surface area contributed by atoms with Crippen LogP contribution in [0.2, 0.25) is 5.02 Å². The van der Waals surface area contributed by atoms with E-state index in [1.54, 1.807) is 44.2 Å². The minimum absolute atomic E-state index is 0.0284. The zero-order valence-electron chi connectivity index (χ0n) is 25.0. The van der Waals surface area contributed by atoms with Crippen molar-refractivity contribution in [3.05, 3.63) is 129 Å². The van der Waals surface area contributed by atoms with Gasteiger partial charge in [-0.25, -0.2) is 9.79 Å². The molecule has 0 bridgehead atoms. The molecule has 3 aromatic carbocycles. The Bertz CT molecular complexity index is 2000. The lowest BCUT2D eigenvalue weighted by Crippen LogP contribution is -2.39. The highest BCUT2D eigenvalue weighted by molar-refractivity contribution is 7.07. The SMILES string of the molecule is CCOC(=O)C1=C(C)N=c2s/c(=C/c3cc(Cl)c(OCc4cccc([N+](=O)[O-])c4)c(OCC)c3)c(=O)n2[C@@H]1c1ccc(C)cc1. The molecule has 0 amide bonds. The first-order chi connectivity index (χ1) is 21.6. The molecule has 45 heavy (non-hydrogen) atoms. The number of carbonyl (C=O) groups is 1. The number of nitro benzene ring substituents is 1. The van der Waals surface area contributed by atoms with Crippen LogP contribution in [0, 0.1) is 17.0 Å². The standard InChI is InChI=1S/C33H30ClN3O7S/c1-5-42-26-16-22(15-25(34)30(26)44-18-21-8-7-9-24(14-21)37(40)41)17-27-31(38)36-29(23-12-10-19(3)11-13-23)28(32(39)43-6-2)20(4)35-33(36)45-27/h7-17,29H,5-6,18H2,1-4H3/b27-17+/t29-/m1/s1. The van der Waals surface area contributed by atoms with Gasteiger partial charge in [0.25, 0.3) is 11.2 Å². The van der Waals surface area contributed by atoms with Gasteiger partial charge in [-0.2, -0.15) is 0 Å². The Hall–Kier alpha value is -4.74. The van der Waals surface area contributed by atoms with Gasteiger partial charge >= 0.3 is 5.97 Å². The summed E-state index contributed by atoms with van der Waals surface area (Å²) in [7, 11) is 0. The van der Waals surface area contributed by atoms with Crippen molar-refractivity contribution in [2.24, 2.45) is 4.99 Å². The number of thiazole rings is 1. The van der Waals surface area contributed by atoms with Crippen molar-refractivity contribution >= 4 is 40.7 Å². The molecule has 232 valence electrons. The number of aromatic nitrogens is 1. The summed E-state index contributed by atoms with van der Waals surface area (Å²) in [6.07, 6.45) is 1.69. The van der Waals surface area contributed by atoms with E-state index in [-0.39, 0.29) is 35.2 Å². The fraction of sp³-hybridized carbons (Fsp3) is 0.242. The van der Waals surface area contributed by atoms with E-state index in [0.717, 1.165) is 11.1 Å². The molecule has 0 aliphatic carbocycles. The first-order valence-corrected chi connectivity index (χ1v) is 15.4. The molecule has 0 saturated heterocycles. The average Bonchev–Trinajstić information content (AvgIpc) is 3.30. The monoisotopic (exact) mass is 647 g/mol. The van der Waals surface area contributed by atoms with Crippen LogP contribution in [-0.4, -0.2) is 28.7 Å². The van der Waals surface area contributed by atoms with Crippen LogP contribution < -0.4 is 24.4 Å². The first-order valence-electron chi connectivity index (χ1n) is 14.2. The van der Waals surface area contributed by atoms with Gasteiger partial charge < -0.3 is 14.2 Å². The van der Waals surface area contributed by atoms with Crippen molar-refractivity contribution in [2.75, 3.05) is 13.2 Å². The Morgan fingerprint density at radius 3 is 2.53 bits per heavy atom. The fourth-order valence-corrected chi connectivity index (χ4v) is 6.32. The maximum Gasteiger partial charge on any atom is 0.338 e. The third-order valence-electron chi connectivity index (χ3n) is 7.04. The average molecular weight is 648 g/mol. The number of hydrogen-bond donors (Lipinski definition) is 0. The highest BCUT2D eigenvalue weighted by Gasteiger charge is 2.33. The van der Waals surface area contributed by atoms with Gasteiger partial charge in [0.1, 0.15) is 6.61 Å². The number of nitrogens with zero attached hydrogens (tertiary/aromatic N) is 3. The zero-order chi connectivity index (χ0) is 32.2. The van der Waals surface area contributed by atoms with Crippen molar-refractivity contribution < 1.29 is 23.9 Å². The summed E-state index contributed by atoms with van der Waals surface area (Å²) in [5, 5.41) is 11.4. The van der Waals surface area contributed by atoms with Crippen LogP contribution in [0.25, 0.3) is 6.08 Å². The largest absolute Gasteiger partial charge is 0.490 e. The van der Waals surface area contributed by atoms with Crippen LogP contribution in [0.15, 0.2) is 81.7 Å². The molecule has 5 rings (SSSR count). The predicted molar refractivity (Wildman–Crippen MR) is 172 cm³/mol. The number of ether oxygens (including phenoxy) is 3. The lowest BCUT2D eigenvalue weighted by atomic mass is 9.95. The van der Waals surface area contributed by atoms with E-state index in [2.05, 4.69) is 4.99 Å². The first kappa shape index (κ1) is 31.7. The van der Waals surface area contributed by atoms with Gasteiger partial charge in [0.15, 0.2) is 16.3 Å². The number of halogens is 1. The van der Waals surface area contributed by atoms with Crippen molar-refractivity contribution in [1.29, 1.82) is 0 Å². The Morgan fingerprint density at radius 2 is 1.84 bits per heavy atom. The zero-order valence-corrected chi connectivity index (χ0v) is 26.6. The molecule has 12 heteroatoms. The number of aryl methyl sites for hydroxylation is 1. The number of carbonyl (C=O) groups excluding carboxylic acids is 1. The van der Waals surface area contributed by atoms with Gasteiger partial charge in [-0.3, -0.25) is 19.5 Å². The molecule has 0 fully saturated rings. The number of hydrogen-bond acceptors (Lipinski definition) is 9. The van der Waals surface area contributed by atoms with Crippen LogP contribution in [0.4, 0.5) is 5.69 Å². The third-order valence-corrected chi connectivity index (χ3v) is 8.31. The summed E-state index contributed by atoms with van der Waals surface area (Å²) in [5.41, 5.74) is 3.42. The molecule has 1 aliphatic rings. The van der Waals surface area contributed by atoms with Crippen LogP contribution >= 0.6 is 22.9 Å². The molecular weight excluding hydrogens is 618 g/mol. The van der Waals surface area contributed by atoms with Gasteiger partial charge in [0.05, 0.1) is 45.0 Å². The van der Waals surface area contributed by atoms with E-state index < -0.39 is 16.9 Å². The summed E-state index contributed by atoms with van der Waals surface area (Å²) < 4.78 is 19.1. The molecule has 0 unspecified atom stereocenters. The second kappa shape index (κ2) is 13.5. The molecule has 0 saturated carbocycles. The molecular formula is C33H30ClN3O7S. The van der Waals surface area contributed by atoms with E-state index in [4.69, 9.17) is 25.8 Å². The summed E-state index contributed by atoms with van der Waals surface area (Å²) in [4.78, 5) is 42.8. The number of non-ortho nitro benzene ring substituents is 1. The molecule has 0 N–H and O–H groups in total. The third kappa shape index (κ3) is 6.69. The number of rotatable bonds is 10. The number of esters is 1. The predicted octanol–water partition coefficient (Wildman–Crippen LogP) is 5.65. The molecule has 4 aromatic rings. The number of benzene rings is 3. The molecule has 2 heterocycles. The quantitative estimate of drug-likeness (QED) is 0.124. The number of fused-ring (bicyclic) bond motifs is 1. The van der Waals surface area contributed by atoms with Crippen molar-refractivity contribution in [1.82, 2.24) is 4.57 Å². The maximum atomic E-state index is 14.0. The fourth-order valence-electron chi connectivity index (χ4n) is 5.00. The minimum atomic E-state index is -0.713. The van der Waals surface area contributed by atoms with Gasteiger partial charge in [0.2, 0.25) is 0 Å². The summed E-state index contributed by atoms with van der Waals surface area (Å²) in [5.74, 6) is 0.109. The highest BCUT2D eigenvalue weighted by atomic mass is 35.5. The summed E-state index contributed by atoms with van der Waals surface area (Å²) in [6, 6.07) is 16.5. The van der Waals surface area contributed by atoms with Crippen LogP contribution in [0.1, 0.15) is 49.1 Å². The summed E-state index contributed by atoms with van der Waals surface area (Å²) in [6.45, 7) is 7.79. The topological polar surface area (TPSA) is 122 Å². The molecule has 0 spiro atoms. The van der Waals surface area contributed by atoms with E-state index >= 15 is 0 Å². The van der Waals surface area contributed by atoms with E-state index in [9.17, 15) is 19.7 Å². The van der Waals surface area contributed by atoms with Crippen LogP contribution in [0.3, 0.4) is 0 Å². The second-order valence-corrected chi connectivity index (χ2v) is 11.6. The number of allylic oxidation sites excluding steroid dienone is 1. The lowest BCUT2D eigenvalue weighted by Gasteiger charge is -2.24. The molecule has 0 radical (unpaired) electrons. The molecule has 1 aliphatic heterocycles. The van der Waals surface area contributed by atoms with Crippen molar-refractivity contribution in [3.63, 3.8) is 0 Å². The van der Waals surface area contributed by atoms with Gasteiger partial charge in [-0.05, 0) is 62.6 Å². The van der Waals surface area contributed by atoms with Crippen molar-refractivity contribution in [3.8, 4) is 11.5 Å². The molecule has 10 nitrogen and oxygen atoms in total. The Kier molecular flexibility index (Phi) is 9.50. The van der Waals surface area contributed by atoms with Crippen molar-refractivity contribution in [2.45, 2.75) is 40.3 Å². The Morgan fingerprint density at radius 1 is 1.09 bits per heavy atom. The van der Waals surface area contributed by atoms with E-state index in [1.165, 1.54) is 28.0 Å².